The number of aromatic nitrogens is 2. The number of anilines is 2. The maximum atomic E-state index is 15.8. The van der Waals surface area contributed by atoms with Crippen LogP contribution in [0, 0.1) is 5.82 Å². The summed E-state index contributed by atoms with van der Waals surface area (Å²) in [5, 5.41) is 0. The van der Waals surface area contributed by atoms with E-state index in [0.29, 0.717) is 63.5 Å². The minimum absolute atomic E-state index is 0.0495. The molecule has 3 aromatic rings. The van der Waals surface area contributed by atoms with Crippen molar-refractivity contribution in [3.8, 4) is 16.9 Å². The van der Waals surface area contributed by atoms with Gasteiger partial charge in [0.15, 0.2) is 0 Å². The Hall–Kier alpha value is -3.97. The Balaban J connectivity index is 1.70. The molecule has 2 fully saturated rings. The molecule has 2 aliphatic heterocycles. The van der Waals surface area contributed by atoms with Crippen molar-refractivity contribution < 1.29 is 27.1 Å². The van der Waals surface area contributed by atoms with E-state index in [2.05, 4.69) is 9.88 Å². The quantitative estimate of drug-likeness (QED) is 0.468. The number of carbonyl (C=O) groups is 1. The Kier molecular flexibility index (Phi) is 7.75. The van der Waals surface area contributed by atoms with Crippen LogP contribution in [0.25, 0.3) is 16.9 Å². The molecule has 2 aromatic heterocycles. The van der Waals surface area contributed by atoms with E-state index in [1.165, 1.54) is 12.1 Å². The number of amides is 1. The van der Waals surface area contributed by atoms with Crippen molar-refractivity contribution in [2.45, 2.75) is 19.1 Å². The van der Waals surface area contributed by atoms with Gasteiger partial charge >= 0.3 is 6.18 Å². The minimum atomic E-state index is -4.98. The van der Waals surface area contributed by atoms with Crippen LogP contribution in [0.5, 0.6) is 0 Å². The number of hydrogen-bond donors (Lipinski definition) is 1. The number of nitrogens with two attached hydrogens (primary N) is 1. The number of benzene rings is 1. The van der Waals surface area contributed by atoms with Gasteiger partial charge in [-0.05, 0) is 32.2 Å². The fraction of sp³-hybridized carbons (Fsp3) is 0.393. The fourth-order valence-corrected chi connectivity index (χ4v) is 5.16. The van der Waals surface area contributed by atoms with E-state index < -0.39 is 34.6 Å². The highest BCUT2D eigenvalue weighted by Gasteiger charge is 2.36. The highest BCUT2D eigenvalue weighted by atomic mass is 19.4. The van der Waals surface area contributed by atoms with Crippen LogP contribution >= 0.6 is 0 Å². The van der Waals surface area contributed by atoms with E-state index in [9.17, 15) is 22.8 Å². The number of pyridine rings is 2. The number of piperazine rings is 1. The first-order chi connectivity index (χ1) is 19.4. The maximum absolute atomic E-state index is 15.8. The zero-order valence-electron chi connectivity index (χ0n) is 22.6. The summed E-state index contributed by atoms with van der Waals surface area (Å²) < 4.78 is 63.2. The lowest BCUT2D eigenvalue weighted by Gasteiger charge is -2.40. The Morgan fingerprint density at radius 3 is 2.44 bits per heavy atom. The summed E-state index contributed by atoms with van der Waals surface area (Å²) in [5.74, 6) is -1.34. The minimum Gasteiger partial charge on any atom is -0.378 e. The lowest BCUT2D eigenvalue weighted by atomic mass is 10.0. The Labute approximate surface area is 233 Å². The van der Waals surface area contributed by atoms with E-state index in [1.807, 2.05) is 23.8 Å². The number of likely N-dealkylation sites (N-methyl/N-ethyl adjacent to an activating group) is 1. The molecule has 218 valence electrons. The van der Waals surface area contributed by atoms with Crippen LogP contribution in [-0.2, 0) is 10.9 Å². The van der Waals surface area contributed by atoms with Crippen molar-refractivity contribution in [3.05, 3.63) is 69.9 Å². The van der Waals surface area contributed by atoms with Crippen molar-refractivity contribution in [2.24, 2.45) is 5.73 Å². The Morgan fingerprint density at radius 1 is 1.05 bits per heavy atom. The smallest absolute Gasteiger partial charge is 0.378 e. The van der Waals surface area contributed by atoms with Gasteiger partial charge in [-0.2, -0.15) is 13.2 Å². The second-order valence-corrected chi connectivity index (χ2v) is 10.2. The summed E-state index contributed by atoms with van der Waals surface area (Å²) in [6.07, 6.45) is -4.19. The Morgan fingerprint density at radius 2 is 1.78 bits per heavy atom. The van der Waals surface area contributed by atoms with Crippen molar-refractivity contribution in [3.63, 3.8) is 0 Å². The van der Waals surface area contributed by atoms with Crippen molar-refractivity contribution in [1.29, 1.82) is 0 Å². The average molecular weight is 575 g/mol. The van der Waals surface area contributed by atoms with Gasteiger partial charge in [-0.15, -0.1) is 0 Å². The molecule has 5 rings (SSSR count). The lowest BCUT2D eigenvalue weighted by molar-refractivity contribution is -0.138. The number of carbonyl (C=O) groups excluding carboxylic acids is 1. The predicted molar refractivity (Wildman–Crippen MR) is 146 cm³/mol. The summed E-state index contributed by atoms with van der Waals surface area (Å²) in [6.45, 7) is 5.88. The van der Waals surface area contributed by atoms with Crippen molar-refractivity contribution in [1.82, 2.24) is 14.5 Å². The highest BCUT2D eigenvalue weighted by Crippen LogP contribution is 2.36. The predicted octanol–water partition coefficient (Wildman–Crippen LogP) is 3.13. The molecule has 0 bridgehead atoms. The highest BCUT2D eigenvalue weighted by molar-refractivity contribution is 5.94. The second kappa shape index (κ2) is 11.1. The Bertz CT molecular complexity index is 1520. The summed E-state index contributed by atoms with van der Waals surface area (Å²) in [4.78, 5) is 35.9. The molecule has 13 heteroatoms. The number of nitrogens with zero attached hydrogens (tertiary/aromatic N) is 5. The molecule has 9 nitrogen and oxygen atoms in total. The van der Waals surface area contributed by atoms with E-state index in [4.69, 9.17) is 10.5 Å². The van der Waals surface area contributed by atoms with Crippen LogP contribution in [0.2, 0.25) is 0 Å². The van der Waals surface area contributed by atoms with Gasteiger partial charge in [0.2, 0.25) is 0 Å². The molecule has 0 radical (unpaired) electrons. The molecule has 4 heterocycles. The molecule has 2 N–H and O–H groups in total. The van der Waals surface area contributed by atoms with Crippen LogP contribution in [0.4, 0.5) is 29.1 Å². The van der Waals surface area contributed by atoms with Gasteiger partial charge in [0.1, 0.15) is 11.6 Å². The van der Waals surface area contributed by atoms with Gasteiger partial charge in [0, 0.05) is 62.7 Å². The molecule has 1 amide bonds. The van der Waals surface area contributed by atoms with E-state index in [1.54, 1.807) is 18.2 Å². The van der Waals surface area contributed by atoms with Crippen LogP contribution in [0.3, 0.4) is 0 Å². The lowest BCUT2D eigenvalue weighted by Crippen LogP contribution is -2.50. The summed E-state index contributed by atoms with van der Waals surface area (Å²) in [7, 11) is 1.96. The third-order valence-electron chi connectivity index (χ3n) is 7.59. The number of primary amides is 1. The third-order valence-corrected chi connectivity index (χ3v) is 7.59. The SMILES string of the molecule is C[C@@H]1CN(c2cc(F)c(-c3cccc(N4CCOCC4)n3)cc2-n2cc(C(N)=O)c(C(F)(F)F)cc2=O)CCN1C. The zero-order chi connectivity index (χ0) is 29.5. The van der Waals surface area contributed by atoms with Crippen LogP contribution < -0.4 is 21.1 Å². The van der Waals surface area contributed by atoms with Gasteiger partial charge in [-0.1, -0.05) is 6.07 Å². The average Bonchev–Trinajstić information content (AvgIpc) is 2.94. The molecule has 41 heavy (non-hydrogen) atoms. The number of halogens is 4. The summed E-state index contributed by atoms with van der Waals surface area (Å²) in [6, 6.07) is 8.23. The molecular weight excluding hydrogens is 544 g/mol. The van der Waals surface area contributed by atoms with Crippen LogP contribution in [0.15, 0.2) is 47.4 Å². The van der Waals surface area contributed by atoms with Gasteiger partial charge in [0.25, 0.3) is 11.5 Å². The maximum Gasteiger partial charge on any atom is 0.417 e. The fourth-order valence-electron chi connectivity index (χ4n) is 5.16. The summed E-state index contributed by atoms with van der Waals surface area (Å²) in [5.41, 5.74) is 2.70. The molecule has 2 saturated heterocycles. The molecule has 0 unspecified atom stereocenters. The zero-order valence-corrected chi connectivity index (χ0v) is 22.6. The number of hydrogen-bond acceptors (Lipinski definition) is 7. The normalized spacial score (nSPS) is 18.5. The molecule has 1 aromatic carbocycles. The van der Waals surface area contributed by atoms with E-state index >= 15 is 4.39 Å². The standard InChI is InChI=1S/C28H30F4N6O3/c1-17-15-37(7-6-35(17)2)23-14-21(29)18(22-4-3-5-25(34-22)36-8-10-41-11-9-36)12-24(23)38-16-19(27(33)40)20(13-26(38)39)28(30,31)32/h3-5,12-14,16-17H,6-11,15H2,1-2H3,(H2,33,40)/t17-/m1/s1. The molecule has 2 aliphatic rings. The topological polar surface area (TPSA) is 96.9 Å². The van der Waals surface area contributed by atoms with Crippen LogP contribution in [0.1, 0.15) is 22.8 Å². The van der Waals surface area contributed by atoms with E-state index in [0.717, 1.165) is 10.8 Å². The number of alkyl halides is 3. The monoisotopic (exact) mass is 574 g/mol. The number of morpholine rings is 1. The second-order valence-electron chi connectivity index (χ2n) is 10.2. The van der Waals surface area contributed by atoms with Gasteiger partial charge in [0.05, 0.1) is 41.4 Å². The van der Waals surface area contributed by atoms with Crippen LogP contribution in [-0.4, -0.2) is 79.4 Å². The molecule has 1 atom stereocenters. The number of rotatable bonds is 5. The van der Waals surface area contributed by atoms with Gasteiger partial charge in [-0.3, -0.25) is 14.2 Å². The molecular formula is C28H30F4N6O3. The molecule has 0 spiro atoms. The van der Waals surface area contributed by atoms with Crippen molar-refractivity contribution >= 4 is 17.4 Å². The first kappa shape index (κ1) is 28.6. The summed E-state index contributed by atoms with van der Waals surface area (Å²) >= 11 is 0. The largest absolute Gasteiger partial charge is 0.417 e. The molecule has 0 aliphatic carbocycles. The van der Waals surface area contributed by atoms with Gasteiger partial charge < -0.3 is 25.2 Å². The number of ether oxygens (including phenoxy) is 1. The van der Waals surface area contributed by atoms with Crippen molar-refractivity contribution in [2.75, 3.05) is 62.8 Å². The van der Waals surface area contributed by atoms with E-state index in [-0.39, 0.29) is 23.0 Å². The molecule has 0 saturated carbocycles. The third kappa shape index (κ3) is 5.77. The first-order valence-electron chi connectivity index (χ1n) is 13.2. The first-order valence-corrected chi connectivity index (χ1v) is 13.2. The van der Waals surface area contributed by atoms with Gasteiger partial charge in [-0.25, -0.2) is 9.37 Å².